The van der Waals surface area contributed by atoms with Crippen molar-refractivity contribution in [3.63, 3.8) is 0 Å². The molecule has 3 aromatic carbocycles. The molecule has 0 aliphatic carbocycles. The molecule has 1 atom stereocenters. The molecule has 2 N–H and O–H groups in total. The number of aromatic nitrogens is 2. The lowest BCUT2D eigenvalue weighted by atomic mass is 9.93. The van der Waals surface area contributed by atoms with Crippen molar-refractivity contribution in [2.45, 2.75) is 13.0 Å². The summed E-state index contributed by atoms with van der Waals surface area (Å²) in [5, 5.41) is 6.94. The summed E-state index contributed by atoms with van der Waals surface area (Å²) in [4.78, 5) is 18.4. The molecule has 0 spiro atoms. The van der Waals surface area contributed by atoms with Crippen LogP contribution in [0.3, 0.4) is 0 Å². The molecular formula is C25H21ClN4O2. The van der Waals surface area contributed by atoms with E-state index in [1.807, 2.05) is 55.5 Å². The minimum Gasteiger partial charge on any atom is -0.496 e. The molecule has 1 aliphatic rings. The maximum atomic E-state index is 13.6. The van der Waals surface area contributed by atoms with Gasteiger partial charge in [0.2, 0.25) is 5.95 Å². The topological polar surface area (TPSA) is 68.2 Å². The molecule has 0 bridgehead atoms. The van der Waals surface area contributed by atoms with Gasteiger partial charge in [-0.05, 0) is 49.4 Å². The van der Waals surface area contributed by atoms with E-state index in [0.29, 0.717) is 28.0 Å². The van der Waals surface area contributed by atoms with Crippen molar-refractivity contribution in [1.29, 1.82) is 0 Å². The SMILES string of the molecule is COc1ccccc1C1C(C(=O)Nc2ccc(Cl)cc2)=C(C)Nc2nc3ccccc3n21. The second-order valence-corrected chi connectivity index (χ2v) is 8.00. The van der Waals surface area contributed by atoms with Crippen LogP contribution in [0, 0.1) is 0 Å². The van der Waals surface area contributed by atoms with Crippen LogP contribution in [-0.2, 0) is 4.79 Å². The molecule has 1 unspecified atom stereocenters. The zero-order chi connectivity index (χ0) is 22.2. The number of hydrogen-bond donors (Lipinski definition) is 2. The highest BCUT2D eigenvalue weighted by molar-refractivity contribution is 6.30. The number of methoxy groups -OCH3 is 1. The predicted molar refractivity (Wildman–Crippen MR) is 127 cm³/mol. The number of allylic oxidation sites excluding steroid dienone is 1. The van der Waals surface area contributed by atoms with Crippen molar-refractivity contribution in [2.75, 3.05) is 17.7 Å². The van der Waals surface area contributed by atoms with E-state index in [2.05, 4.69) is 15.2 Å². The van der Waals surface area contributed by atoms with Crippen molar-refractivity contribution >= 4 is 40.2 Å². The molecule has 4 aromatic rings. The summed E-state index contributed by atoms with van der Waals surface area (Å²) in [5.41, 5.74) is 4.63. The van der Waals surface area contributed by atoms with Gasteiger partial charge in [-0.1, -0.05) is 41.9 Å². The first-order chi connectivity index (χ1) is 15.6. The molecule has 0 saturated heterocycles. The van der Waals surface area contributed by atoms with Crippen LogP contribution in [0.15, 0.2) is 84.1 Å². The average molecular weight is 445 g/mol. The Morgan fingerprint density at radius 1 is 1.06 bits per heavy atom. The first kappa shape index (κ1) is 20.2. The molecule has 1 amide bonds. The smallest absolute Gasteiger partial charge is 0.255 e. The van der Waals surface area contributed by atoms with Crippen LogP contribution in [0.5, 0.6) is 5.75 Å². The Morgan fingerprint density at radius 3 is 2.56 bits per heavy atom. The third-order valence-electron chi connectivity index (χ3n) is 5.61. The number of amides is 1. The Bertz CT molecular complexity index is 1360. The molecule has 5 rings (SSSR count). The minimum absolute atomic E-state index is 0.211. The summed E-state index contributed by atoms with van der Waals surface area (Å²) in [5.74, 6) is 1.17. The van der Waals surface area contributed by atoms with Gasteiger partial charge in [0.15, 0.2) is 0 Å². The predicted octanol–water partition coefficient (Wildman–Crippen LogP) is 5.63. The van der Waals surface area contributed by atoms with Gasteiger partial charge in [0.05, 0.1) is 29.8 Å². The van der Waals surface area contributed by atoms with Gasteiger partial charge in [0, 0.05) is 22.0 Å². The first-order valence-electron chi connectivity index (χ1n) is 10.2. The second kappa shape index (κ2) is 8.05. The fraction of sp³-hybridized carbons (Fsp3) is 0.120. The van der Waals surface area contributed by atoms with E-state index in [1.165, 1.54) is 0 Å². The molecule has 0 saturated carbocycles. The fourth-order valence-electron chi connectivity index (χ4n) is 4.18. The van der Waals surface area contributed by atoms with E-state index in [9.17, 15) is 4.79 Å². The van der Waals surface area contributed by atoms with Crippen molar-refractivity contribution in [1.82, 2.24) is 9.55 Å². The summed E-state index contributed by atoms with van der Waals surface area (Å²) in [7, 11) is 1.64. The Labute approximate surface area is 190 Å². The van der Waals surface area contributed by atoms with Crippen molar-refractivity contribution in [2.24, 2.45) is 0 Å². The summed E-state index contributed by atoms with van der Waals surface area (Å²) in [6.07, 6.45) is 0. The van der Waals surface area contributed by atoms with E-state index in [4.69, 9.17) is 21.3 Å². The molecule has 32 heavy (non-hydrogen) atoms. The maximum absolute atomic E-state index is 13.6. The summed E-state index contributed by atoms with van der Waals surface area (Å²) in [6, 6.07) is 22.3. The third-order valence-corrected chi connectivity index (χ3v) is 5.86. The van der Waals surface area contributed by atoms with Crippen LogP contribution in [0.25, 0.3) is 11.0 Å². The lowest BCUT2D eigenvalue weighted by Crippen LogP contribution is -2.31. The van der Waals surface area contributed by atoms with Crippen LogP contribution in [0.4, 0.5) is 11.6 Å². The van der Waals surface area contributed by atoms with Gasteiger partial charge in [-0.2, -0.15) is 0 Å². The maximum Gasteiger partial charge on any atom is 0.255 e. The highest BCUT2D eigenvalue weighted by Crippen LogP contribution is 2.42. The van der Waals surface area contributed by atoms with Crippen LogP contribution in [0.2, 0.25) is 5.02 Å². The highest BCUT2D eigenvalue weighted by Gasteiger charge is 2.35. The third kappa shape index (κ3) is 3.39. The van der Waals surface area contributed by atoms with Gasteiger partial charge in [-0.3, -0.25) is 9.36 Å². The normalized spacial score (nSPS) is 15.3. The molecule has 7 heteroatoms. The van der Waals surface area contributed by atoms with Crippen LogP contribution in [0.1, 0.15) is 18.5 Å². The molecule has 1 aromatic heterocycles. The first-order valence-corrected chi connectivity index (χ1v) is 10.6. The van der Waals surface area contributed by atoms with E-state index in [0.717, 1.165) is 22.3 Å². The van der Waals surface area contributed by atoms with Crippen molar-refractivity contribution in [3.05, 3.63) is 94.7 Å². The highest BCUT2D eigenvalue weighted by atomic mass is 35.5. The van der Waals surface area contributed by atoms with E-state index in [1.54, 1.807) is 31.4 Å². The Balaban J connectivity index is 1.68. The molecule has 6 nitrogen and oxygen atoms in total. The van der Waals surface area contributed by atoms with E-state index in [-0.39, 0.29) is 5.91 Å². The molecular weight excluding hydrogens is 424 g/mol. The Hall–Kier alpha value is -3.77. The second-order valence-electron chi connectivity index (χ2n) is 7.56. The number of nitrogens with one attached hydrogen (secondary N) is 2. The Morgan fingerprint density at radius 2 is 1.78 bits per heavy atom. The number of rotatable bonds is 4. The molecule has 0 fully saturated rings. The number of para-hydroxylation sites is 3. The zero-order valence-corrected chi connectivity index (χ0v) is 18.4. The minimum atomic E-state index is -0.429. The fourth-order valence-corrected chi connectivity index (χ4v) is 4.30. The van der Waals surface area contributed by atoms with Gasteiger partial charge < -0.3 is 15.4 Å². The number of benzene rings is 3. The van der Waals surface area contributed by atoms with Crippen LogP contribution < -0.4 is 15.4 Å². The number of anilines is 2. The Kier molecular flexibility index (Phi) is 5.07. The van der Waals surface area contributed by atoms with Crippen LogP contribution in [-0.4, -0.2) is 22.6 Å². The average Bonchev–Trinajstić information content (AvgIpc) is 3.17. The molecule has 1 aliphatic heterocycles. The number of carbonyl (C=O) groups is 1. The van der Waals surface area contributed by atoms with Gasteiger partial charge >= 0.3 is 0 Å². The van der Waals surface area contributed by atoms with Gasteiger partial charge in [-0.25, -0.2) is 4.98 Å². The monoisotopic (exact) mass is 444 g/mol. The number of ether oxygens (including phenoxy) is 1. The van der Waals surface area contributed by atoms with Gasteiger partial charge in [-0.15, -0.1) is 0 Å². The number of fused-ring (bicyclic) bond motifs is 3. The van der Waals surface area contributed by atoms with Gasteiger partial charge in [0.1, 0.15) is 5.75 Å². The number of halogens is 1. The summed E-state index contributed by atoms with van der Waals surface area (Å²) >= 11 is 6.00. The van der Waals surface area contributed by atoms with E-state index >= 15 is 0 Å². The lowest BCUT2D eigenvalue weighted by molar-refractivity contribution is -0.113. The number of hydrogen-bond acceptors (Lipinski definition) is 4. The van der Waals surface area contributed by atoms with E-state index < -0.39 is 6.04 Å². The van der Waals surface area contributed by atoms with Gasteiger partial charge in [0.25, 0.3) is 5.91 Å². The number of carbonyl (C=O) groups excluding carboxylic acids is 1. The molecule has 160 valence electrons. The largest absolute Gasteiger partial charge is 0.496 e. The molecule has 0 radical (unpaired) electrons. The molecule has 2 heterocycles. The van der Waals surface area contributed by atoms with Crippen LogP contribution >= 0.6 is 11.6 Å². The quantitative estimate of drug-likeness (QED) is 0.428. The zero-order valence-electron chi connectivity index (χ0n) is 17.6. The standard InChI is InChI=1S/C25H21ClN4O2/c1-15-22(24(31)28-17-13-11-16(26)12-14-17)23(18-7-3-6-10-21(18)32-2)30-20-9-5-4-8-19(20)29-25(30)27-15/h3-14,23H,1-2H3,(H,27,29)(H,28,31). The summed E-state index contributed by atoms with van der Waals surface area (Å²) < 4.78 is 7.73. The van der Waals surface area contributed by atoms with Crippen molar-refractivity contribution in [3.8, 4) is 5.75 Å². The number of nitrogens with zero attached hydrogens (tertiary/aromatic N) is 2. The van der Waals surface area contributed by atoms with Crippen molar-refractivity contribution < 1.29 is 9.53 Å². The summed E-state index contributed by atoms with van der Waals surface area (Å²) in [6.45, 7) is 1.89. The number of imidazole rings is 1. The lowest BCUT2D eigenvalue weighted by Gasteiger charge is -2.31.